The second-order valence-corrected chi connectivity index (χ2v) is 8.58. The predicted octanol–water partition coefficient (Wildman–Crippen LogP) is 4.40. The van der Waals surface area contributed by atoms with Crippen LogP contribution in [0, 0.1) is 11.3 Å². The smallest absolute Gasteiger partial charge is 0.413 e. The van der Waals surface area contributed by atoms with Gasteiger partial charge >= 0.3 is 6.09 Å². The minimum Gasteiger partial charge on any atom is -0.444 e. The highest BCUT2D eigenvalue weighted by Gasteiger charge is 2.51. The molecule has 1 aromatic carbocycles. The Morgan fingerprint density at radius 3 is 2.43 bits per heavy atom. The number of hydrogen-bond donors (Lipinski definition) is 0. The van der Waals surface area contributed by atoms with Gasteiger partial charge in [0, 0.05) is 5.56 Å². The first-order valence-electron chi connectivity index (χ1n) is 9.64. The van der Waals surface area contributed by atoms with Crippen LogP contribution in [0.15, 0.2) is 36.7 Å². The number of benzene rings is 1. The van der Waals surface area contributed by atoms with E-state index in [0.717, 1.165) is 11.1 Å². The first-order chi connectivity index (χ1) is 14.1. The van der Waals surface area contributed by atoms with Crippen molar-refractivity contribution in [2.24, 2.45) is 0 Å². The van der Waals surface area contributed by atoms with Crippen LogP contribution in [-0.4, -0.2) is 45.0 Å². The number of hydrogen-bond acceptors (Lipinski definition) is 6. The number of carbonyl (C=O) groups is 1. The minimum absolute atomic E-state index is 0.241. The summed E-state index contributed by atoms with van der Waals surface area (Å²) in [5.74, 6) is 0. The van der Waals surface area contributed by atoms with Gasteiger partial charge in [-0.15, -0.1) is 0 Å². The van der Waals surface area contributed by atoms with Crippen molar-refractivity contribution >= 4 is 6.09 Å². The number of nitrogens with zero attached hydrogens (tertiary/aromatic N) is 4. The van der Waals surface area contributed by atoms with E-state index in [-0.39, 0.29) is 5.69 Å². The van der Waals surface area contributed by atoms with Gasteiger partial charge in [-0.3, -0.25) is 9.88 Å². The average molecular weight is 412 g/mol. The molecule has 0 saturated carbocycles. The van der Waals surface area contributed by atoms with E-state index >= 15 is 0 Å². The highest BCUT2D eigenvalue weighted by atomic mass is 19.1. The number of ether oxygens (including phenoxy) is 2. The van der Waals surface area contributed by atoms with E-state index < -0.39 is 36.2 Å². The van der Waals surface area contributed by atoms with E-state index in [1.165, 1.54) is 17.3 Å². The molecule has 2 atom stereocenters. The monoisotopic (exact) mass is 412 g/mol. The molecule has 7 nitrogen and oxygen atoms in total. The molecule has 2 aromatic rings. The zero-order valence-corrected chi connectivity index (χ0v) is 17.7. The third-order valence-corrected chi connectivity index (χ3v) is 4.73. The minimum atomic E-state index is -1.03. The maximum atomic E-state index is 14.1. The van der Waals surface area contributed by atoms with E-state index in [4.69, 9.17) is 14.7 Å². The highest BCUT2D eigenvalue weighted by molar-refractivity contribution is 5.70. The molecule has 1 fully saturated rings. The summed E-state index contributed by atoms with van der Waals surface area (Å²) in [7, 11) is 0. The lowest BCUT2D eigenvalue weighted by Crippen LogP contribution is -2.50. The van der Waals surface area contributed by atoms with Gasteiger partial charge in [0.05, 0.1) is 24.1 Å². The molecule has 1 amide bonds. The average Bonchev–Trinajstić information content (AvgIpc) is 2.97. The quantitative estimate of drug-likeness (QED) is 0.743. The van der Waals surface area contributed by atoms with Gasteiger partial charge in [0.25, 0.3) is 0 Å². The number of carbonyl (C=O) groups excluding carboxylic acids is 1. The fraction of sp³-hybridized carbons (Fsp3) is 0.455. The molecule has 0 N–H and O–H groups in total. The molecule has 0 bridgehead atoms. The van der Waals surface area contributed by atoms with Crippen LogP contribution in [0.2, 0.25) is 0 Å². The summed E-state index contributed by atoms with van der Waals surface area (Å²) in [6.45, 7) is 7.97. The summed E-state index contributed by atoms with van der Waals surface area (Å²) >= 11 is 0. The van der Waals surface area contributed by atoms with E-state index in [1.807, 2.05) is 30.3 Å². The lowest BCUT2D eigenvalue weighted by atomic mass is 10.0. The number of rotatable bonds is 3. The first kappa shape index (κ1) is 21.7. The first-order valence-corrected chi connectivity index (χ1v) is 9.64. The maximum absolute atomic E-state index is 14.1. The molecule has 1 saturated heterocycles. The van der Waals surface area contributed by atoms with Crippen molar-refractivity contribution in [2.75, 3.05) is 6.67 Å². The Kier molecular flexibility index (Phi) is 5.77. The number of nitriles is 1. The lowest BCUT2D eigenvalue weighted by Gasteiger charge is -2.34. The second kappa shape index (κ2) is 8.00. The number of amides is 1. The Morgan fingerprint density at radius 2 is 1.93 bits per heavy atom. The molecule has 8 heteroatoms. The SMILES string of the molecule is CC(C)(C)OC(=O)N1[C@H](CF)[C@@H](c2ccc(-c3cnc(C#N)cn3)cc2)OC1(C)C. The molecule has 0 unspecified atom stereocenters. The lowest BCUT2D eigenvalue weighted by molar-refractivity contribution is -0.0797. The molecule has 30 heavy (non-hydrogen) atoms. The molecular weight excluding hydrogens is 387 g/mol. The van der Waals surface area contributed by atoms with Crippen LogP contribution >= 0.6 is 0 Å². The third kappa shape index (κ3) is 4.41. The van der Waals surface area contributed by atoms with Crippen molar-refractivity contribution in [2.45, 2.75) is 58.1 Å². The van der Waals surface area contributed by atoms with Gasteiger partial charge in [-0.05, 0) is 40.2 Å². The molecule has 3 rings (SSSR count). The largest absolute Gasteiger partial charge is 0.444 e. The van der Waals surface area contributed by atoms with E-state index in [0.29, 0.717) is 5.69 Å². The van der Waals surface area contributed by atoms with E-state index in [2.05, 4.69) is 9.97 Å². The fourth-order valence-electron chi connectivity index (χ4n) is 3.47. The predicted molar refractivity (Wildman–Crippen MR) is 108 cm³/mol. The zero-order valence-electron chi connectivity index (χ0n) is 17.7. The Hall–Kier alpha value is -3.05. The van der Waals surface area contributed by atoms with Crippen molar-refractivity contribution < 1.29 is 18.7 Å². The molecule has 158 valence electrons. The molecule has 1 aliphatic rings. The molecule has 2 heterocycles. The maximum Gasteiger partial charge on any atom is 0.413 e. The van der Waals surface area contributed by atoms with Crippen LogP contribution in [-0.2, 0) is 9.47 Å². The summed E-state index contributed by atoms with van der Waals surface area (Å²) in [6, 6.07) is 8.41. The summed E-state index contributed by atoms with van der Waals surface area (Å²) in [6.07, 6.45) is 1.68. The Morgan fingerprint density at radius 1 is 1.27 bits per heavy atom. The zero-order chi connectivity index (χ0) is 22.1. The van der Waals surface area contributed by atoms with Crippen LogP contribution in [0.1, 0.15) is 52.0 Å². The third-order valence-electron chi connectivity index (χ3n) is 4.73. The van der Waals surface area contributed by atoms with Gasteiger partial charge in [-0.1, -0.05) is 24.3 Å². The van der Waals surface area contributed by atoms with Gasteiger partial charge in [-0.2, -0.15) is 5.26 Å². The molecular formula is C22H25FN4O3. The number of aromatic nitrogens is 2. The number of halogens is 1. The van der Waals surface area contributed by atoms with Crippen LogP contribution < -0.4 is 0 Å². The van der Waals surface area contributed by atoms with Crippen molar-refractivity contribution in [3.63, 3.8) is 0 Å². The highest BCUT2D eigenvalue weighted by Crippen LogP contribution is 2.42. The van der Waals surface area contributed by atoms with Gasteiger partial charge < -0.3 is 9.47 Å². The van der Waals surface area contributed by atoms with Gasteiger partial charge in [0.2, 0.25) is 0 Å². The molecule has 0 aliphatic carbocycles. The van der Waals surface area contributed by atoms with E-state index in [9.17, 15) is 9.18 Å². The Labute approximate surface area is 175 Å². The van der Waals surface area contributed by atoms with Gasteiger partial charge in [0.1, 0.15) is 30.2 Å². The molecule has 1 aliphatic heterocycles. The van der Waals surface area contributed by atoms with Crippen LogP contribution in [0.4, 0.5) is 9.18 Å². The topological polar surface area (TPSA) is 88.3 Å². The van der Waals surface area contributed by atoms with Crippen LogP contribution in [0.3, 0.4) is 0 Å². The molecule has 1 aromatic heterocycles. The Bertz CT molecular complexity index is 946. The molecule has 0 spiro atoms. The van der Waals surface area contributed by atoms with Crippen molar-refractivity contribution in [3.05, 3.63) is 47.9 Å². The van der Waals surface area contributed by atoms with Crippen molar-refractivity contribution in [3.8, 4) is 17.3 Å². The summed E-state index contributed by atoms with van der Waals surface area (Å²) < 4.78 is 25.6. The van der Waals surface area contributed by atoms with Gasteiger partial charge in [0.15, 0.2) is 5.69 Å². The summed E-state index contributed by atoms with van der Waals surface area (Å²) in [5, 5.41) is 8.84. The van der Waals surface area contributed by atoms with E-state index in [1.54, 1.807) is 34.6 Å². The Balaban J connectivity index is 1.86. The van der Waals surface area contributed by atoms with Gasteiger partial charge in [-0.25, -0.2) is 14.2 Å². The normalized spacial score (nSPS) is 20.6. The summed E-state index contributed by atoms with van der Waals surface area (Å²) in [5.41, 5.74) is 0.670. The molecule has 0 radical (unpaired) electrons. The second-order valence-electron chi connectivity index (χ2n) is 8.58. The fourth-order valence-corrected chi connectivity index (χ4v) is 3.47. The van der Waals surface area contributed by atoms with Crippen LogP contribution in [0.5, 0.6) is 0 Å². The number of alkyl halides is 1. The van der Waals surface area contributed by atoms with Crippen LogP contribution in [0.25, 0.3) is 11.3 Å². The van der Waals surface area contributed by atoms with Crippen molar-refractivity contribution in [1.29, 1.82) is 5.26 Å². The standard InChI is InChI=1S/C22H25FN4O3/c1-21(2,3)30-20(28)27-18(10-23)19(29-22(27,4)5)15-8-6-14(7-9-15)17-13-25-16(11-24)12-26-17/h6-9,12-13,18-19H,10H2,1-5H3/t18-,19-/m1/s1. The van der Waals surface area contributed by atoms with Crippen molar-refractivity contribution in [1.82, 2.24) is 14.9 Å². The summed E-state index contributed by atoms with van der Waals surface area (Å²) in [4.78, 5) is 22.3.